The Balaban J connectivity index is 1.81. The maximum absolute atomic E-state index is 12.7. The van der Waals surface area contributed by atoms with Crippen molar-refractivity contribution in [1.29, 1.82) is 0 Å². The molecule has 28 heavy (non-hydrogen) atoms. The Kier molecular flexibility index (Phi) is 8.73. The first-order chi connectivity index (χ1) is 13.5. The van der Waals surface area contributed by atoms with Crippen LogP contribution in [-0.2, 0) is 9.59 Å². The lowest BCUT2D eigenvalue weighted by atomic mass is 10.1. The lowest BCUT2D eigenvalue weighted by molar-refractivity contribution is -0.128. The largest absolute Gasteiger partial charge is 0.496 e. The number of piperazine rings is 1. The van der Waals surface area contributed by atoms with Gasteiger partial charge in [0.15, 0.2) is 0 Å². The smallest absolute Gasteiger partial charge is 0.237 e. The fourth-order valence-corrected chi connectivity index (χ4v) is 3.43. The first-order valence-electron chi connectivity index (χ1n) is 10.1. The molecule has 2 atom stereocenters. The SMILES string of the molecule is CCCNC(=O)CN1CCN(C(C)C(=O)NC(C)c2ccccc2OC)CC1. The summed E-state index contributed by atoms with van der Waals surface area (Å²) in [6, 6.07) is 7.39. The molecular weight excluding hydrogens is 356 g/mol. The second-order valence-corrected chi connectivity index (χ2v) is 7.31. The first kappa shape index (κ1) is 22.2. The van der Waals surface area contributed by atoms with Crippen molar-refractivity contribution >= 4 is 11.8 Å². The third-order valence-electron chi connectivity index (χ3n) is 5.24. The Morgan fingerprint density at radius 1 is 1.14 bits per heavy atom. The number of hydrogen-bond acceptors (Lipinski definition) is 5. The molecule has 1 fully saturated rings. The third-order valence-corrected chi connectivity index (χ3v) is 5.24. The molecule has 0 saturated carbocycles. The second-order valence-electron chi connectivity index (χ2n) is 7.31. The van der Waals surface area contributed by atoms with Crippen LogP contribution in [0.3, 0.4) is 0 Å². The number of rotatable bonds is 9. The molecule has 1 aromatic carbocycles. The van der Waals surface area contributed by atoms with Gasteiger partial charge in [0.2, 0.25) is 11.8 Å². The van der Waals surface area contributed by atoms with Gasteiger partial charge in [0, 0.05) is 38.3 Å². The Bertz CT molecular complexity index is 644. The average molecular weight is 391 g/mol. The van der Waals surface area contributed by atoms with Gasteiger partial charge in [-0.25, -0.2) is 0 Å². The zero-order valence-corrected chi connectivity index (χ0v) is 17.5. The van der Waals surface area contributed by atoms with Gasteiger partial charge < -0.3 is 15.4 Å². The van der Waals surface area contributed by atoms with Crippen LogP contribution in [-0.4, -0.2) is 74.0 Å². The molecule has 1 heterocycles. The maximum Gasteiger partial charge on any atom is 0.237 e. The summed E-state index contributed by atoms with van der Waals surface area (Å²) in [4.78, 5) is 28.9. The van der Waals surface area contributed by atoms with Gasteiger partial charge in [-0.1, -0.05) is 25.1 Å². The molecule has 2 amide bonds. The summed E-state index contributed by atoms with van der Waals surface area (Å²) in [5.41, 5.74) is 0.966. The number of carbonyl (C=O) groups excluding carboxylic acids is 2. The number of ether oxygens (including phenoxy) is 1. The van der Waals surface area contributed by atoms with E-state index in [1.54, 1.807) is 7.11 Å². The van der Waals surface area contributed by atoms with Gasteiger partial charge in [0.1, 0.15) is 5.75 Å². The summed E-state index contributed by atoms with van der Waals surface area (Å²) >= 11 is 0. The Morgan fingerprint density at radius 2 is 1.82 bits per heavy atom. The molecule has 156 valence electrons. The zero-order valence-electron chi connectivity index (χ0n) is 17.5. The van der Waals surface area contributed by atoms with Crippen LogP contribution < -0.4 is 15.4 Å². The Morgan fingerprint density at radius 3 is 2.46 bits per heavy atom. The number of carbonyl (C=O) groups is 2. The van der Waals surface area contributed by atoms with Crippen molar-refractivity contribution < 1.29 is 14.3 Å². The van der Waals surface area contributed by atoms with Crippen molar-refractivity contribution in [2.75, 3.05) is 46.4 Å². The standard InChI is InChI=1S/C21H34N4O3/c1-5-10-22-20(26)15-24-11-13-25(14-12-24)17(3)21(27)23-16(2)18-8-6-7-9-19(18)28-4/h6-9,16-17H,5,10-15H2,1-4H3,(H,22,26)(H,23,27). The summed E-state index contributed by atoms with van der Waals surface area (Å²) in [7, 11) is 1.64. The van der Waals surface area contributed by atoms with E-state index in [9.17, 15) is 9.59 Å². The van der Waals surface area contributed by atoms with E-state index in [4.69, 9.17) is 4.74 Å². The molecule has 0 radical (unpaired) electrons. The fourth-order valence-electron chi connectivity index (χ4n) is 3.43. The molecule has 7 heteroatoms. The number of hydrogen-bond donors (Lipinski definition) is 2. The van der Waals surface area contributed by atoms with Crippen LogP contribution in [0.15, 0.2) is 24.3 Å². The maximum atomic E-state index is 12.7. The van der Waals surface area contributed by atoms with Gasteiger partial charge in [0.25, 0.3) is 0 Å². The second kappa shape index (κ2) is 11.0. The summed E-state index contributed by atoms with van der Waals surface area (Å²) < 4.78 is 5.39. The topological polar surface area (TPSA) is 73.9 Å². The van der Waals surface area contributed by atoms with Gasteiger partial charge >= 0.3 is 0 Å². The van der Waals surface area contributed by atoms with Crippen molar-refractivity contribution in [1.82, 2.24) is 20.4 Å². The van der Waals surface area contributed by atoms with Crippen molar-refractivity contribution in [3.05, 3.63) is 29.8 Å². The summed E-state index contributed by atoms with van der Waals surface area (Å²) in [5.74, 6) is 0.859. The number of nitrogens with zero attached hydrogens (tertiary/aromatic N) is 2. The summed E-state index contributed by atoms with van der Waals surface area (Å²) in [6.07, 6.45) is 0.944. The molecule has 1 aliphatic heterocycles. The first-order valence-corrected chi connectivity index (χ1v) is 10.1. The van der Waals surface area contributed by atoms with Gasteiger partial charge in [0.05, 0.1) is 25.7 Å². The summed E-state index contributed by atoms with van der Waals surface area (Å²) in [5, 5.41) is 6.01. The van der Waals surface area contributed by atoms with Gasteiger partial charge in [-0.05, 0) is 26.3 Å². The quantitative estimate of drug-likeness (QED) is 0.667. The molecule has 0 bridgehead atoms. The minimum Gasteiger partial charge on any atom is -0.496 e. The number of benzene rings is 1. The monoisotopic (exact) mass is 390 g/mol. The van der Waals surface area contributed by atoms with Crippen molar-refractivity contribution in [2.24, 2.45) is 0 Å². The van der Waals surface area contributed by atoms with Crippen LogP contribution in [0.1, 0.15) is 38.8 Å². The minimum absolute atomic E-state index is 0.00699. The van der Waals surface area contributed by atoms with Gasteiger partial charge in [-0.2, -0.15) is 0 Å². The van der Waals surface area contributed by atoms with E-state index in [0.29, 0.717) is 6.54 Å². The molecule has 1 aromatic rings. The van der Waals surface area contributed by atoms with E-state index in [2.05, 4.69) is 20.4 Å². The minimum atomic E-state index is -0.215. The molecule has 0 aliphatic carbocycles. The molecular formula is C21H34N4O3. The Hall–Kier alpha value is -2.12. The summed E-state index contributed by atoms with van der Waals surface area (Å²) in [6.45, 7) is 10.2. The van der Waals surface area contributed by atoms with Crippen molar-refractivity contribution in [3.63, 3.8) is 0 Å². The normalized spacial score (nSPS) is 17.6. The van der Waals surface area contributed by atoms with E-state index in [-0.39, 0.29) is 23.9 Å². The highest BCUT2D eigenvalue weighted by Gasteiger charge is 2.27. The van der Waals surface area contributed by atoms with Crippen LogP contribution in [0.25, 0.3) is 0 Å². The highest BCUT2D eigenvalue weighted by molar-refractivity contribution is 5.82. The predicted octanol–water partition coefficient (Wildman–Crippen LogP) is 1.40. The van der Waals surface area contributed by atoms with Crippen LogP contribution in [0.2, 0.25) is 0 Å². The third kappa shape index (κ3) is 6.21. The van der Waals surface area contributed by atoms with Crippen LogP contribution in [0, 0.1) is 0 Å². The molecule has 7 nitrogen and oxygen atoms in total. The molecule has 2 unspecified atom stereocenters. The van der Waals surface area contributed by atoms with E-state index in [1.165, 1.54) is 0 Å². The highest BCUT2D eigenvalue weighted by Crippen LogP contribution is 2.24. The average Bonchev–Trinajstić information content (AvgIpc) is 2.72. The lowest BCUT2D eigenvalue weighted by Crippen LogP contribution is -2.55. The predicted molar refractivity (Wildman–Crippen MR) is 110 cm³/mol. The molecule has 0 spiro atoms. The fraction of sp³-hybridized carbons (Fsp3) is 0.619. The number of amides is 2. The molecule has 0 aromatic heterocycles. The van der Waals surface area contributed by atoms with E-state index >= 15 is 0 Å². The zero-order chi connectivity index (χ0) is 20.5. The van der Waals surface area contributed by atoms with Crippen LogP contribution in [0.4, 0.5) is 0 Å². The molecule has 2 rings (SSSR count). The number of nitrogens with one attached hydrogen (secondary N) is 2. The van der Waals surface area contributed by atoms with Crippen LogP contribution >= 0.6 is 0 Å². The molecule has 1 aliphatic rings. The number of methoxy groups -OCH3 is 1. The van der Waals surface area contributed by atoms with E-state index in [1.807, 2.05) is 45.0 Å². The highest BCUT2D eigenvalue weighted by atomic mass is 16.5. The molecule has 2 N–H and O–H groups in total. The molecule has 1 saturated heterocycles. The van der Waals surface area contributed by atoms with Crippen molar-refractivity contribution in [2.45, 2.75) is 39.3 Å². The van der Waals surface area contributed by atoms with Crippen LogP contribution in [0.5, 0.6) is 5.75 Å². The lowest BCUT2D eigenvalue weighted by Gasteiger charge is -2.37. The Labute approximate surface area is 168 Å². The number of para-hydroxylation sites is 1. The van der Waals surface area contributed by atoms with E-state index < -0.39 is 0 Å². The van der Waals surface area contributed by atoms with E-state index in [0.717, 1.165) is 50.5 Å². The van der Waals surface area contributed by atoms with Gasteiger partial charge in [-0.3, -0.25) is 19.4 Å². The van der Waals surface area contributed by atoms with Crippen molar-refractivity contribution in [3.8, 4) is 5.75 Å². The van der Waals surface area contributed by atoms with Gasteiger partial charge in [-0.15, -0.1) is 0 Å².